The molecule has 74 valence electrons. The Morgan fingerprint density at radius 1 is 1.54 bits per heavy atom. The van der Waals surface area contributed by atoms with Crippen molar-refractivity contribution in [3.8, 4) is 0 Å². The number of rotatable bonds is 1. The summed E-state index contributed by atoms with van der Waals surface area (Å²) in [6.07, 6.45) is 0. The Morgan fingerprint density at radius 3 is 2.31 bits per heavy atom. The van der Waals surface area contributed by atoms with Crippen LogP contribution in [0.15, 0.2) is 0 Å². The average Bonchev–Trinajstić information content (AvgIpc) is 2.25. The number of carbonyl (C=O) groups excluding carboxylic acids is 1. The van der Waals surface area contributed by atoms with E-state index in [0.29, 0.717) is 0 Å². The second-order valence-corrected chi connectivity index (χ2v) is 3.05. The van der Waals surface area contributed by atoms with Gasteiger partial charge in [0.25, 0.3) is 5.92 Å². The number of likely N-dealkylation sites (tertiary alicyclic amines) is 1. The molecule has 1 saturated heterocycles. The van der Waals surface area contributed by atoms with Gasteiger partial charge in [-0.25, -0.2) is 8.78 Å². The summed E-state index contributed by atoms with van der Waals surface area (Å²) < 4.78 is 25.8. The van der Waals surface area contributed by atoms with Crippen LogP contribution < -0.4 is 0 Å². The molecule has 6 heteroatoms. The van der Waals surface area contributed by atoms with E-state index in [-0.39, 0.29) is 0 Å². The van der Waals surface area contributed by atoms with Crippen molar-refractivity contribution in [2.24, 2.45) is 5.92 Å². The Bertz CT molecular complexity index is 254. The van der Waals surface area contributed by atoms with Crippen molar-refractivity contribution in [2.45, 2.75) is 12.8 Å². The number of nitrogens with zero attached hydrogens (tertiary/aromatic N) is 1. The number of carboxylic acids is 1. The molecule has 0 spiro atoms. The lowest BCUT2D eigenvalue weighted by molar-refractivity contribution is -0.151. The van der Waals surface area contributed by atoms with E-state index in [1.807, 2.05) is 0 Å². The third kappa shape index (κ3) is 1.76. The maximum absolute atomic E-state index is 12.9. The lowest BCUT2D eigenvalue weighted by Crippen LogP contribution is -2.32. The second-order valence-electron chi connectivity index (χ2n) is 3.05. The van der Waals surface area contributed by atoms with Gasteiger partial charge in [0.05, 0.1) is 6.54 Å². The van der Waals surface area contributed by atoms with Gasteiger partial charge in [0.2, 0.25) is 5.91 Å². The van der Waals surface area contributed by atoms with Gasteiger partial charge in [-0.15, -0.1) is 0 Å². The van der Waals surface area contributed by atoms with E-state index in [0.717, 1.165) is 11.8 Å². The predicted molar refractivity (Wildman–Crippen MR) is 38.3 cm³/mol. The molecule has 0 aromatic carbocycles. The van der Waals surface area contributed by atoms with Crippen molar-refractivity contribution >= 4 is 11.9 Å². The number of amides is 1. The van der Waals surface area contributed by atoms with Gasteiger partial charge in [-0.1, -0.05) is 0 Å². The van der Waals surface area contributed by atoms with Crippen LogP contribution in [0.4, 0.5) is 8.78 Å². The molecule has 1 rings (SSSR count). The predicted octanol–water partition coefficient (Wildman–Crippen LogP) is 0.185. The highest BCUT2D eigenvalue weighted by molar-refractivity contribution is 5.77. The molecule has 1 atom stereocenters. The summed E-state index contributed by atoms with van der Waals surface area (Å²) in [5.74, 6) is -7.16. The number of hydrogen-bond acceptors (Lipinski definition) is 2. The zero-order valence-electron chi connectivity index (χ0n) is 6.96. The van der Waals surface area contributed by atoms with E-state index in [1.165, 1.54) is 0 Å². The van der Waals surface area contributed by atoms with Crippen LogP contribution in [0.5, 0.6) is 0 Å². The molecule has 1 amide bonds. The molecule has 0 radical (unpaired) electrons. The number of alkyl halides is 2. The fourth-order valence-electron chi connectivity index (χ4n) is 1.28. The third-order valence-electron chi connectivity index (χ3n) is 2.06. The van der Waals surface area contributed by atoms with E-state index in [2.05, 4.69) is 0 Å². The van der Waals surface area contributed by atoms with E-state index in [4.69, 9.17) is 5.11 Å². The number of carbonyl (C=O) groups is 2. The van der Waals surface area contributed by atoms with Crippen molar-refractivity contribution in [3.63, 3.8) is 0 Å². The maximum Gasteiger partial charge on any atom is 0.314 e. The first kappa shape index (κ1) is 9.88. The highest BCUT2D eigenvalue weighted by Crippen LogP contribution is 2.33. The minimum atomic E-state index is -3.31. The fraction of sp³-hybridized carbons (Fsp3) is 0.714. The van der Waals surface area contributed by atoms with Gasteiger partial charge >= 0.3 is 5.97 Å². The van der Waals surface area contributed by atoms with Crippen LogP contribution in [0.25, 0.3) is 0 Å². The van der Waals surface area contributed by atoms with Gasteiger partial charge in [0.1, 0.15) is 5.92 Å². The Labute approximate surface area is 73.1 Å². The Morgan fingerprint density at radius 2 is 2.08 bits per heavy atom. The van der Waals surface area contributed by atoms with Crippen molar-refractivity contribution in [3.05, 3.63) is 0 Å². The first-order chi connectivity index (χ1) is 5.84. The van der Waals surface area contributed by atoms with E-state index in [9.17, 15) is 18.4 Å². The maximum atomic E-state index is 12.9. The standard InChI is InChI=1S/C7H9F2NO3/c1-4(11)10-2-5(6(12)13)7(8,9)3-10/h5H,2-3H2,1H3,(H,12,13). The molecule has 0 aliphatic carbocycles. The fourth-order valence-corrected chi connectivity index (χ4v) is 1.28. The summed E-state index contributed by atoms with van der Waals surface area (Å²) in [6, 6.07) is 0. The summed E-state index contributed by atoms with van der Waals surface area (Å²) in [5, 5.41) is 8.43. The second kappa shape index (κ2) is 2.93. The molecule has 1 aliphatic rings. The van der Waals surface area contributed by atoms with Gasteiger partial charge < -0.3 is 10.0 Å². The summed E-state index contributed by atoms with van der Waals surface area (Å²) in [5.41, 5.74) is 0. The van der Waals surface area contributed by atoms with Gasteiger partial charge in [0, 0.05) is 13.5 Å². The molecular formula is C7H9F2NO3. The smallest absolute Gasteiger partial charge is 0.314 e. The zero-order valence-corrected chi connectivity index (χ0v) is 6.96. The van der Waals surface area contributed by atoms with Gasteiger partial charge in [0.15, 0.2) is 0 Å². The van der Waals surface area contributed by atoms with E-state index >= 15 is 0 Å². The highest BCUT2D eigenvalue weighted by atomic mass is 19.3. The summed E-state index contributed by atoms with van der Waals surface area (Å²) in [4.78, 5) is 21.9. The first-order valence-corrected chi connectivity index (χ1v) is 3.71. The third-order valence-corrected chi connectivity index (χ3v) is 2.06. The topological polar surface area (TPSA) is 57.6 Å². The van der Waals surface area contributed by atoms with Crippen LogP contribution in [0, 0.1) is 5.92 Å². The Kier molecular flexibility index (Phi) is 2.23. The normalized spacial score (nSPS) is 26.1. The largest absolute Gasteiger partial charge is 0.481 e. The molecule has 0 aromatic heterocycles. The molecule has 1 aliphatic heterocycles. The summed E-state index contributed by atoms with van der Waals surface area (Å²) >= 11 is 0. The van der Waals surface area contributed by atoms with Crippen LogP contribution in [-0.2, 0) is 9.59 Å². The van der Waals surface area contributed by atoms with Crippen LogP contribution >= 0.6 is 0 Å². The van der Waals surface area contributed by atoms with E-state index < -0.39 is 36.8 Å². The van der Waals surface area contributed by atoms with E-state index in [1.54, 1.807) is 0 Å². The van der Waals surface area contributed by atoms with Crippen molar-refractivity contribution < 1.29 is 23.5 Å². The van der Waals surface area contributed by atoms with Gasteiger partial charge in [-0.05, 0) is 0 Å². The minimum Gasteiger partial charge on any atom is -0.481 e. The van der Waals surface area contributed by atoms with Gasteiger partial charge in [-0.2, -0.15) is 0 Å². The zero-order chi connectivity index (χ0) is 10.2. The quantitative estimate of drug-likeness (QED) is 0.646. The molecule has 1 unspecified atom stereocenters. The van der Waals surface area contributed by atoms with Crippen molar-refractivity contribution in [1.82, 2.24) is 4.90 Å². The number of aliphatic carboxylic acids is 1. The van der Waals surface area contributed by atoms with Gasteiger partial charge in [-0.3, -0.25) is 9.59 Å². The molecule has 0 saturated carbocycles. The molecule has 13 heavy (non-hydrogen) atoms. The summed E-state index contributed by atoms with van der Waals surface area (Å²) in [6.45, 7) is -0.0583. The molecule has 1 heterocycles. The van der Waals surface area contributed by atoms with Crippen LogP contribution in [0.1, 0.15) is 6.92 Å². The Balaban J connectivity index is 2.79. The lowest BCUT2D eigenvalue weighted by atomic mass is 10.1. The Hall–Kier alpha value is -1.20. The van der Waals surface area contributed by atoms with Crippen molar-refractivity contribution in [2.75, 3.05) is 13.1 Å². The first-order valence-electron chi connectivity index (χ1n) is 3.71. The van der Waals surface area contributed by atoms with Crippen LogP contribution in [0.3, 0.4) is 0 Å². The van der Waals surface area contributed by atoms with Crippen molar-refractivity contribution in [1.29, 1.82) is 0 Å². The summed E-state index contributed by atoms with van der Waals surface area (Å²) in [7, 11) is 0. The highest BCUT2D eigenvalue weighted by Gasteiger charge is 2.52. The molecular weight excluding hydrogens is 184 g/mol. The monoisotopic (exact) mass is 193 g/mol. The number of carboxylic acid groups (broad SMARTS) is 1. The average molecular weight is 193 g/mol. The van der Waals surface area contributed by atoms with Crippen LogP contribution in [-0.4, -0.2) is 40.9 Å². The van der Waals surface area contributed by atoms with Crippen LogP contribution in [0.2, 0.25) is 0 Å². The SMILES string of the molecule is CC(=O)N1CC(C(=O)O)C(F)(F)C1. The number of hydrogen-bond donors (Lipinski definition) is 1. The lowest BCUT2D eigenvalue weighted by Gasteiger charge is -2.12. The molecule has 0 bridgehead atoms. The molecule has 0 aromatic rings. The molecule has 1 N–H and O–H groups in total. The number of halogens is 2. The molecule has 4 nitrogen and oxygen atoms in total. The minimum absolute atomic E-state index is 0.405. The molecule has 1 fully saturated rings.